The molecule has 1 N–H and O–H groups in total. The van der Waals surface area contributed by atoms with E-state index >= 15 is 0 Å². The van der Waals surface area contributed by atoms with E-state index in [1.807, 2.05) is 0 Å². The first kappa shape index (κ1) is 17.0. The topological polar surface area (TPSA) is 94.5 Å². The molecule has 5 rings (SSSR count). The van der Waals surface area contributed by atoms with Crippen molar-refractivity contribution in [2.24, 2.45) is 0 Å². The lowest BCUT2D eigenvalue weighted by molar-refractivity contribution is -0.164. The van der Waals surface area contributed by atoms with Crippen LogP contribution >= 0.6 is 0 Å². The lowest BCUT2D eigenvalue weighted by Crippen LogP contribution is -2.44. The van der Waals surface area contributed by atoms with Crippen LogP contribution in [0, 0.1) is 0 Å². The highest BCUT2D eigenvalue weighted by atomic mass is 16.8. The number of carbonyl (C=O) groups is 2. The summed E-state index contributed by atoms with van der Waals surface area (Å²) < 4.78 is 22.5. The molecule has 1 aromatic carbocycles. The number of carbonyl (C=O) groups excluding carboxylic acids is 2. The van der Waals surface area contributed by atoms with Gasteiger partial charge in [-0.15, -0.1) is 0 Å². The van der Waals surface area contributed by atoms with Gasteiger partial charge in [0.05, 0.1) is 0 Å². The monoisotopic (exact) mass is 375 g/mol. The molecule has 0 spiro atoms. The molecule has 3 unspecified atom stereocenters. The fraction of sp³-hybridized carbons (Fsp3) is 0.579. The van der Waals surface area contributed by atoms with Gasteiger partial charge in [0, 0.05) is 25.9 Å². The van der Waals surface area contributed by atoms with Gasteiger partial charge in [-0.05, 0) is 37.1 Å². The van der Waals surface area contributed by atoms with Gasteiger partial charge in [0.2, 0.25) is 6.79 Å². The Kier molecular flexibility index (Phi) is 3.42. The van der Waals surface area contributed by atoms with Crippen LogP contribution in [0.4, 0.5) is 0 Å². The molecule has 2 saturated heterocycles. The summed E-state index contributed by atoms with van der Waals surface area (Å²) in [6.45, 7) is 4.03. The van der Waals surface area contributed by atoms with Gasteiger partial charge in [-0.3, -0.25) is 9.59 Å². The van der Waals surface area contributed by atoms with E-state index in [1.165, 1.54) is 0 Å². The lowest BCUT2D eigenvalue weighted by Gasteiger charge is -2.28. The van der Waals surface area contributed by atoms with Crippen LogP contribution < -0.4 is 9.47 Å². The molecule has 144 valence electrons. The third kappa shape index (κ3) is 2.47. The van der Waals surface area contributed by atoms with Gasteiger partial charge in [-0.2, -0.15) is 0 Å². The number of amides is 1. The molecule has 2 bridgehead atoms. The molecule has 0 aliphatic carbocycles. The van der Waals surface area contributed by atoms with E-state index in [1.54, 1.807) is 30.9 Å². The van der Waals surface area contributed by atoms with E-state index in [0.29, 0.717) is 22.6 Å². The highest BCUT2D eigenvalue weighted by molar-refractivity contribution is 5.92. The second-order valence-corrected chi connectivity index (χ2v) is 7.95. The zero-order chi connectivity index (χ0) is 19.0. The SMILES string of the molecule is CC1(C)OC2CC(=O)C3(O)CCN(Cc4cc5c(cc43)OCO5)C(=O)C2O1. The number of ketones is 1. The molecule has 27 heavy (non-hydrogen) atoms. The predicted molar refractivity (Wildman–Crippen MR) is 89.9 cm³/mol. The number of hydrogen-bond donors (Lipinski definition) is 1. The molecule has 8 heteroatoms. The lowest BCUT2D eigenvalue weighted by atomic mass is 9.81. The second-order valence-electron chi connectivity index (χ2n) is 7.95. The summed E-state index contributed by atoms with van der Waals surface area (Å²) >= 11 is 0. The predicted octanol–water partition coefficient (Wildman–Crippen LogP) is 0.828. The summed E-state index contributed by atoms with van der Waals surface area (Å²) in [5.41, 5.74) is -0.558. The van der Waals surface area contributed by atoms with E-state index in [2.05, 4.69) is 0 Å². The summed E-state index contributed by atoms with van der Waals surface area (Å²) in [5.74, 6) is -0.521. The minimum atomic E-state index is -1.71. The molecule has 0 radical (unpaired) electrons. The average molecular weight is 375 g/mol. The largest absolute Gasteiger partial charge is 0.454 e. The normalized spacial score (nSPS) is 33.8. The number of hydrogen-bond acceptors (Lipinski definition) is 7. The van der Waals surface area contributed by atoms with Crippen LogP contribution in [0.5, 0.6) is 11.5 Å². The average Bonchev–Trinajstić information content (AvgIpc) is 3.15. The fourth-order valence-electron chi connectivity index (χ4n) is 4.42. The maximum absolute atomic E-state index is 13.2. The van der Waals surface area contributed by atoms with E-state index in [9.17, 15) is 14.7 Å². The molecule has 4 aliphatic heterocycles. The number of fused-ring (bicyclic) bond motifs is 7. The molecular formula is C19H21NO7. The molecule has 4 heterocycles. The van der Waals surface area contributed by atoms with Gasteiger partial charge in [0.25, 0.3) is 5.91 Å². The fourth-order valence-corrected chi connectivity index (χ4v) is 4.42. The van der Waals surface area contributed by atoms with Crippen molar-refractivity contribution < 1.29 is 33.6 Å². The van der Waals surface area contributed by atoms with Crippen molar-refractivity contribution in [1.82, 2.24) is 4.90 Å². The number of rotatable bonds is 0. The highest BCUT2D eigenvalue weighted by Crippen LogP contribution is 2.44. The summed E-state index contributed by atoms with van der Waals surface area (Å²) in [4.78, 5) is 28.0. The van der Waals surface area contributed by atoms with E-state index in [-0.39, 0.29) is 44.4 Å². The van der Waals surface area contributed by atoms with Crippen LogP contribution in [-0.2, 0) is 31.2 Å². The van der Waals surface area contributed by atoms with Crippen molar-refractivity contribution in [1.29, 1.82) is 0 Å². The van der Waals surface area contributed by atoms with Crippen molar-refractivity contribution >= 4 is 11.7 Å². The number of nitrogens with zero attached hydrogens (tertiary/aromatic N) is 1. The van der Waals surface area contributed by atoms with Crippen molar-refractivity contribution in [3.63, 3.8) is 0 Å². The molecule has 1 amide bonds. The Balaban J connectivity index is 1.65. The first-order valence-electron chi connectivity index (χ1n) is 9.10. The minimum Gasteiger partial charge on any atom is -0.454 e. The Bertz CT molecular complexity index is 851. The quantitative estimate of drug-likeness (QED) is 0.718. The highest BCUT2D eigenvalue weighted by Gasteiger charge is 2.53. The minimum absolute atomic E-state index is 0.0914. The molecule has 1 aromatic rings. The van der Waals surface area contributed by atoms with Gasteiger partial charge >= 0.3 is 0 Å². The smallest absolute Gasteiger partial charge is 0.254 e. The summed E-state index contributed by atoms with van der Waals surface area (Å²) in [6.07, 6.45) is -1.56. The van der Waals surface area contributed by atoms with Crippen LogP contribution in [0.3, 0.4) is 0 Å². The molecule has 3 atom stereocenters. The number of ether oxygens (including phenoxy) is 4. The Morgan fingerprint density at radius 2 is 1.89 bits per heavy atom. The first-order valence-corrected chi connectivity index (χ1v) is 9.10. The number of Topliss-reactive ketones (excluding diaryl/α,β-unsaturated/α-hetero) is 1. The maximum atomic E-state index is 13.2. The van der Waals surface area contributed by atoms with Crippen LogP contribution in [0.2, 0.25) is 0 Å². The van der Waals surface area contributed by atoms with Crippen molar-refractivity contribution in [3.8, 4) is 11.5 Å². The van der Waals surface area contributed by atoms with Crippen molar-refractivity contribution in [2.45, 2.75) is 56.8 Å². The molecule has 2 fully saturated rings. The summed E-state index contributed by atoms with van der Waals surface area (Å²) in [7, 11) is 0. The van der Waals surface area contributed by atoms with E-state index in [0.717, 1.165) is 0 Å². The van der Waals surface area contributed by atoms with Crippen LogP contribution in [0.15, 0.2) is 12.1 Å². The number of aliphatic hydroxyl groups is 1. The maximum Gasteiger partial charge on any atom is 0.254 e. The van der Waals surface area contributed by atoms with Crippen molar-refractivity contribution in [3.05, 3.63) is 23.3 Å². The van der Waals surface area contributed by atoms with Crippen molar-refractivity contribution in [2.75, 3.05) is 13.3 Å². The molecular weight excluding hydrogens is 354 g/mol. The van der Waals surface area contributed by atoms with Gasteiger partial charge in [0.15, 0.2) is 29.2 Å². The van der Waals surface area contributed by atoms with Crippen LogP contribution in [-0.4, -0.2) is 53.0 Å². The summed E-state index contributed by atoms with van der Waals surface area (Å²) in [5, 5.41) is 11.4. The molecule has 4 aliphatic rings. The standard InChI is InChI=1S/C19H21NO7/c1-18(2)26-14-7-15(21)19(23)3-4-20(17(22)16(14)27-18)8-10-5-12-13(6-11(10)19)25-9-24-12/h5-6,14,16,23H,3-4,7-9H2,1-2H3. The third-order valence-corrected chi connectivity index (χ3v) is 5.74. The van der Waals surface area contributed by atoms with Gasteiger partial charge < -0.3 is 29.0 Å². The summed E-state index contributed by atoms with van der Waals surface area (Å²) in [6, 6.07) is 3.41. The van der Waals surface area contributed by atoms with E-state index in [4.69, 9.17) is 18.9 Å². The first-order chi connectivity index (χ1) is 12.8. The van der Waals surface area contributed by atoms with Crippen LogP contribution in [0.25, 0.3) is 0 Å². The van der Waals surface area contributed by atoms with Crippen LogP contribution in [0.1, 0.15) is 37.8 Å². The third-order valence-electron chi connectivity index (χ3n) is 5.74. The van der Waals surface area contributed by atoms with Gasteiger partial charge in [0.1, 0.15) is 11.7 Å². The second kappa shape index (κ2) is 5.43. The number of benzene rings is 1. The van der Waals surface area contributed by atoms with Gasteiger partial charge in [-0.1, -0.05) is 0 Å². The Labute approximate surface area is 155 Å². The van der Waals surface area contributed by atoms with E-state index < -0.39 is 23.6 Å². The molecule has 0 aromatic heterocycles. The Morgan fingerprint density at radius 3 is 2.67 bits per heavy atom. The zero-order valence-corrected chi connectivity index (χ0v) is 15.2. The molecule has 8 nitrogen and oxygen atoms in total. The Hall–Kier alpha value is -2.16. The molecule has 0 saturated carbocycles. The zero-order valence-electron chi connectivity index (χ0n) is 15.2. The Morgan fingerprint density at radius 1 is 1.15 bits per heavy atom. The van der Waals surface area contributed by atoms with Gasteiger partial charge in [-0.25, -0.2) is 0 Å².